The molecule has 0 unspecified atom stereocenters. The van der Waals surface area contributed by atoms with E-state index in [0.717, 1.165) is 0 Å². The molecule has 0 aromatic heterocycles. The first kappa shape index (κ1) is 22.6. The second kappa shape index (κ2) is 10.7. The van der Waals surface area contributed by atoms with Gasteiger partial charge in [-0.2, -0.15) is 0 Å². The van der Waals surface area contributed by atoms with Gasteiger partial charge in [-0.3, -0.25) is 0 Å². The molecule has 4 nitrogen and oxygen atoms in total. The third kappa shape index (κ3) is 54.1. The zero-order valence-electron chi connectivity index (χ0n) is 2.70. The Hall–Kier alpha value is 3.66. The van der Waals surface area contributed by atoms with Crippen molar-refractivity contribution in [3.63, 3.8) is 0 Å². The molecule has 0 fully saturated rings. The Kier molecular flexibility index (Phi) is 30.1. The molecule has 0 spiro atoms. The van der Waals surface area contributed by atoms with Gasteiger partial charge in [0.2, 0.25) is 0 Å². The molecule has 0 atom stereocenters. The fourth-order valence-electron chi connectivity index (χ4n) is 0. The molecule has 0 saturated carbocycles. The predicted molar refractivity (Wildman–Crippen MR) is 30.0 cm³/mol. The Balaban J connectivity index is -0.0000000267. The molecule has 8 heteroatoms. The predicted octanol–water partition coefficient (Wildman–Crippen LogP) is -2.49. The average molecular weight is 385 g/mol. The van der Waals surface area contributed by atoms with E-state index in [1.807, 2.05) is 0 Å². The van der Waals surface area contributed by atoms with E-state index in [4.69, 9.17) is 19.2 Å². The summed E-state index contributed by atoms with van der Waals surface area (Å²) in [5.74, 6) is 0. The van der Waals surface area contributed by atoms with Crippen molar-refractivity contribution in [3.8, 4) is 0 Å². The molecule has 0 aromatic carbocycles. The van der Waals surface area contributed by atoms with Gasteiger partial charge in [-0.15, -0.1) is 0 Å². The quantitative estimate of drug-likeness (QED) is 0.319. The normalized spacial score (nSPS) is 7.38. The van der Waals surface area contributed by atoms with Gasteiger partial charge in [0.15, 0.2) is 0 Å². The summed E-state index contributed by atoms with van der Waals surface area (Å²) in [6, 6.07) is 0. The van der Waals surface area contributed by atoms with Crippen LogP contribution in [0, 0.1) is 41.7 Å². The van der Waals surface area contributed by atoms with E-state index in [2.05, 4.69) is 0 Å². The Bertz CT molecular complexity index is 62.2. The van der Waals surface area contributed by atoms with Crippen molar-refractivity contribution in [1.82, 2.24) is 0 Å². The van der Waals surface area contributed by atoms with Crippen molar-refractivity contribution < 1.29 is 61.0 Å². The molecule has 42 valence electrons. The first-order chi connectivity index (χ1) is 2.00. The van der Waals surface area contributed by atoms with Crippen molar-refractivity contribution in [2.45, 2.75) is 0 Å². The van der Waals surface area contributed by atoms with Crippen LogP contribution in [0.4, 0.5) is 0 Å². The van der Waals surface area contributed by atoms with E-state index >= 15 is 0 Å². The fourth-order valence-corrected chi connectivity index (χ4v) is 0. The van der Waals surface area contributed by atoms with Gasteiger partial charge in [-0.05, 0) is 0 Å². The number of hydrogen-bond donors (Lipinski definition) is 3. The summed E-state index contributed by atoms with van der Waals surface area (Å²) in [5.41, 5.74) is 0. The summed E-state index contributed by atoms with van der Waals surface area (Å²) in [6.45, 7) is 0. The average Bonchev–Trinajstić information content (AvgIpc) is 0.722. The van der Waals surface area contributed by atoms with Crippen molar-refractivity contribution in [3.05, 3.63) is 0 Å². The van der Waals surface area contributed by atoms with E-state index in [9.17, 15) is 0 Å². The van der Waals surface area contributed by atoms with E-state index in [1.165, 1.54) is 0 Å². The maximum atomic E-state index is 8.88. The topological polar surface area (TPSA) is 77.8 Å². The Morgan fingerprint density at radius 3 is 1.12 bits per heavy atom. The van der Waals surface area contributed by atoms with Gasteiger partial charge in [0, 0.05) is 41.7 Å². The molecular weight excluding hydrogens is 379 g/mol. The zero-order valence-corrected chi connectivity index (χ0v) is 6.73. The Morgan fingerprint density at radius 2 is 1.12 bits per heavy atom. The van der Waals surface area contributed by atoms with Crippen LogP contribution in [0.1, 0.15) is 0 Å². The summed E-state index contributed by atoms with van der Waals surface area (Å²) >= 11 is 0. The van der Waals surface area contributed by atoms with E-state index < -0.39 is 7.82 Å². The molecule has 0 heterocycles. The zero-order chi connectivity index (χ0) is 4.50. The third-order valence-electron chi connectivity index (χ3n) is 0. The SMILES string of the molecule is O=P(O)(O)O.[BaH2].[Ce].[LiH]. The molecule has 0 saturated heterocycles. The summed E-state index contributed by atoms with van der Waals surface area (Å²) in [4.78, 5) is 21.6. The summed E-state index contributed by atoms with van der Waals surface area (Å²) in [7, 11) is -4.64. The van der Waals surface area contributed by atoms with Gasteiger partial charge < -0.3 is 14.7 Å². The number of rotatable bonds is 0. The fraction of sp³-hybridized carbons (Fsp3) is 0. The van der Waals surface area contributed by atoms with Crippen molar-refractivity contribution in [2.75, 3.05) is 0 Å². The van der Waals surface area contributed by atoms with Gasteiger partial charge in [0.1, 0.15) is 0 Å². The monoisotopic (exact) mass is 386 g/mol. The van der Waals surface area contributed by atoms with E-state index in [1.54, 1.807) is 0 Å². The Morgan fingerprint density at radius 1 is 1.12 bits per heavy atom. The van der Waals surface area contributed by atoms with Gasteiger partial charge >= 0.3 is 75.6 Å². The van der Waals surface area contributed by atoms with Gasteiger partial charge in [0.05, 0.1) is 0 Å². The molecule has 3 N–H and O–H groups in total. The third-order valence-corrected chi connectivity index (χ3v) is 0. The second-order valence-electron chi connectivity index (χ2n) is 0.513. The molecular formula is H6BaCeLiO4P. The van der Waals surface area contributed by atoms with Crippen LogP contribution in [-0.4, -0.2) is 82.4 Å². The minimum atomic E-state index is -4.64. The number of hydrogen-bond acceptors (Lipinski definition) is 1. The van der Waals surface area contributed by atoms with Gasteiger partial charge in [-0.1, -0.05) is 0 Å². The molecule has 0 aromatic rings. The maximum absolute atomic E-state index is 8.88. The van der Waals surface area contributed by atoms with Crippen LogP contribution in [0.15, 0.2) is 0 Å². The second-order valence-corrected chi connectivity index (χ2v) is 1.54. The van der Waals surface area contributed by atoms with Crippen LogP contribution in [0.2, 0.25) is 0 Å². The standard InChI is InChI=1S/Ba.Ce.Li.H3O4P.3H/c;;;1-5(2,3)4;;;/h;;;(H3,1,2,3,4);;;. The van der Waals surface area contributed by atoms with Crippen LogP contribution in [0.3, 0.4) is 0 Å². The molecule has 0 amide bonds. The van der Waals surface area contributed by atoms with Crippen LogP contribution >= 0.6 is 7.82 Å². The van der Waals surface area contributed by atoms with Gasteiger partial charge in [0.25, 0.3) is 0 Å². The van der Waals surface area contributed by atoms with Crippen molar-refractivity contribution in [1.29, 1.82) is 0 Å². The van der Waals surface area contributed by atoms with Crippen molar-refractivity contribution in [2.24, 2.45) is 0 Å². The minimum absolute atomic E-state index is 0. The molecule has 0 aliphatic rings. The summed E-state index contributed by atoms with van der Waals surface area (Å²) < 4.78 is 8.88. The summed E-state index contributed by atoms with van der Waals surface area (Å²) in [5, 5.41) is 0. The van der Waals surface area contributed by atoms with Crippen LogP contribution in [-0.2, 0) is 4.57 Å². The molecule has 0 radical (unpaired) electrons. The summed E-state index contributed by atoms with van der Waals surface area (Å²) in [6.07, 6.45) is 0. The molecule has 0 aliphatic carbocycles. The molecule has 8 heavy (non-hydrogen) atoms. The molecule has 0 bridgehead atoms. The van der Waals surface area contributed by atoms with E-state index in [0.29, 0.717) is 0 Å². The van der Waals surface area contributed by atoms with Crippen molar-refractivity contribution >= 4 is 75.6 Å². The van der Waals surface area contributed by atoms with Crippen LogP contribution in [0.25, 0.3) is 0 Å². The molecule has 0 aliphatic heterocycles. The first-order valence-corrected chi connectivity index (χ1v) is 2.35. The first-order valence-electron chi connectivity index (χ1n) is 0.783. The van der Waals surface area contributed by atoms with Gasteiger partial charge in [-0.25, -0.2) is 4.57 Å². The van der Waals surface area contributed by atoms with E-state index in [-0.39, 0.29) is 109 Å². The Labute approximate surface area is 133 Å². The van der Waals surface area contributed by atoms with Crippen LogP contribution in [0.5, 0.6) is 0 Å². The number of phosphoric acid groups is 1. The molecule has 0 rings (SSSR count). The van der Waals surface area contributed by atoms with Crippen LogP contribution < -0.4 is 0 Å².